The summed E-state index contributed by atoms with van der Waals surface area (Å²) in [4.78, 5) is 41.0. The number of esters is 2. The van der Waals surface area contributed by atoms with Crippen molar-refractivity contribution >= 4 is 23.5 Å². The predicted octanol–water partition coefficient (Wildman–Crippen LogP) is 2.53. The summed E-state index contributed by atoms with van der Waals surface area (Å²) >= 11 is 0. The number of amides is 1. The van der Waals surface area contributed by atoms with Crippen molar-refractivity contribution in [2.24, 2.45) is 5.92 Å². The Labute approximate surface area is 181 Å². The van der Waals surface area contributed by atoms with Crippen LogP contribution in [0.2, 0.25) is 0 Å². The normalized spacial score (nSPS) is 19.3. The monoisotopic (exact) mass is 422 g/mol. The van der Waals surface area contributed by atoms with E-state index in [2.05, 4.69) is 0 Å². The molecule has 0 radical (unpaired) electrons. The van der Waals surface area contributed by atoms with Crippen LogP contribution in [0, 0.1) is 5.92 Å². The predicted molar refractivity (Wildman–Crippen MR) is 114 cm³/mol. The first-order valence-electron chi connectivity index (χ1n) is 10.5. The van der Waals surface area contributed by atoms with Crippen LogP contribution in [0.15, 0.2) is 54.6 Å². The third kappa shape index (κ3) is 4.05. The number of para-hydroxylation sites is 1. The van der Waals surface area contributed by atoms with Gasteiger partial charge in [-0.3, -0.25) is 4.79 Å². The Balaban J connectivity index is 1.66. The summed E-state index contributed by atoms with van der Waals surface area (Å²) in [7, 11) is 3.78. The third-order valence-electron chi connectivity index (χ3n) is 5.70. The first-order chi connectivity index (χ1) is 14.9. The van der Waals surface area contributed by atoms with Crippen LogP contribution in [0.4, 0.5) is 5.69 Å². The minimum atomic E-state index is -1.75. The molecule has 162 valence electrons. The maximum absolute atomic E-state index is 13.5. The molecule has 0 N–H and O–H groups in total. The number of hydrogen-bond donors (Lipinski definition) is 0. The largest absolute Gasteiger partial charge is 0.422 e. The molecule has 0 saturated carbocycles. The molecule has 1 spiro atoms. The standard InChI is InChI=1S/C24H26N2O5/c1-25(2)16-19-15-18-12-6-7-13-20(18)26(24(19)30-22(28)23(29)31-24)21(27)14-8-11-17-9-4-3-5-10-17/h3-7,9-10,12-13,19H,8,11,14-16H2,1-2H3. The first kappa shape index (κ1) is 21.1. The molecule has 4 rings (SSSR count). The number of benzene rings is 2. The van der Waals surface area contributed by atoms with E-state index in [1.54, 1.807) is 6.07 Å². The second-order valence-electron chi connectivity index (χ2n) is 8.27. The topological polar surface area (TPSA) is 76.2 Å². The summed E-state index contributed by atoms with van der Waals surface area (Å²) in [5.74, 6) is -4.54. The van der Waals surface area contributed by atoms with Gasteiger partial charge in [0.05, 0.1) is 11.6 Å². The summed E-state index contributed by atoms with van der Waals surface area (Å²) in [5.41, 5.74) is 2.72. The van der Waals surface area contributed by atoms with Crippen molar-refractivity contribution in [2.75, 3.05) is 25.5 Å². The maximum atomic E-state index is 13.5. The Morgan fingerprint density at radius 3 is 2.35 bits per heavy atom. The number of rotatable bonds is 6. The lowest BCUT2D eigenvalue weighted by molar-refractivity contribution is -0.206. The molecular formula is C24H26N2O5. The lowest BCUT2D eigenvalue weighted by atomic mass is 9.87. The molecule has 1 unspecified atom stereocenters. The zero-order chi connectivity index (χ0) is 22.0. The van der Waals surface area contributed by atoms with Crippen LogP contribution in [-0.2, 0) is 36.7 Å². The van der Waals surface area contributed by atoms with Crippen LogP contribution >= 0.6 is 0 Å². The Morgan fingerprint density at radius 1 is 1.03 bits per heavy atom. The van der Waals surface area contributed by atoms with Gasteiger partial charge in [0, 0.05) is 13.0 Å². The van der Waals surface area contributed by atoms with Crippen molar-refractivity contribution in [1.29, 1.82) is 0 Å². The zero-order valence-electron chi connectivity index (χ0n) is 17.7. The third-order valence-corrected chi connectivity index (χ3v) is 5.70. The fraction of sp³-hybridized carbons (Fsp3) is 0.375. The van der Waals surface area contributed by atoms with E-state index in [4.69, 9.17) is 9.47 Å². The average molecular weight is 422 g/mol. The Morgan fingerprint density at radius 2 is 1.68 bits per heavy atom. The summed E-state index contributed by atoms with van der Waals surface area (Å²) < 4.78 is 11.1. The fourth-order valence-corrected chi connectivity index (χ4v) is 4.40. The molecule has 0 aliphatic carbocycles. The lowest BCUT2D eigenvalue weighted by Gasteiger charge is -2.46. The SMILES string of the molecule is CN(C)CC1Cc2ccccc2N(C(=O)CCCc2ccccc2)C12OC(=O)C(=O)O2. The van der Waals surface area contributed by atoms with Crippen molar-refractivity contribution in [3.63, 3.8) is 0 Å². The molecule has 2 heterocycles. The van der Waals surface area contributed by atoms with Crippen LogP contribution in [0.25, 0.3) is 0 Å². The molecule has 2 aliphatic rings. The van der Waals surface area contributed by atoms with Gasteiger partial charge in [0.15, 0.2) is 0 Å². The van der Waals surface area contributed by atoms with Crippen molar-refractivity contribution in [1.82, 2.24) is 4.90 Å². The van der Waals surface area contributed by atoms with E-state index in [-0.39, 0.29) is 12.3 Å². The van der Waals surface area contributed by atoms with E-state index in [0.29, 0.717) is 25.1 Å². The molecule has 7 nitrogen and oxygen atoms in total. The molecule has 2 aromatic carbocycles. The van der Waals surface area contributed by atoms with E-state index in [1.807, 2.05) is 67.5 Å². The molecule has 1 amide bonds. The molecule has 31 heavy (non-hydrogen) atoms. The number of carbonyl (C=O) groups is 3. The van der Waals surface area contributed by atoms with Gasteiger partial charge >= 0.3 is 17.8 Å². The second kappa shape index (κ2) is 8.51. The highest BCUT2D eigenvalue weighted by Crippen LogP contribution is 2.45. The number of aryl methyl sites for hydroxylation is 1. The highest BCUT2D eigenvalue weighted by molar-refractivity contribution is 6.31. The molecule has 2 aliphatic heterocycles. The highest BCUT2D eigenvalue weighted by Gasteiger charge is 2.62. The van der Waals surface area contributed by atoms with Gasteiger partial charge in [0.2, 0.25) is 5.91 Å². The summed E-state index contributed by atoms with van der Waals surface area (Å²) in [6.45, 7) is 0.475. The van der Waals surface area contributed by atoms with E-state index in [0.717, 1.165) is 17.5 Å². The van der Waals surface area contributed by atoms with Crippen molar-refractivity contribution in [3.05, 3.63) is 65.7 Å². The Bertz CT molecular complexity index is 972. The molecule has 7 heteroatoms. The van der Waals surface area contributed by atoms with Gasteiger partial charge in [-0.1, -0.05) is 48.5 Å². The van der Waals surface area contributed by atoms with Crippen molar-refractivity contribution < 1.29 is 23.9 Å². The zero-order valence-corrected chi connectivity index (χ0v) is 17.7. The highest BCUT2D eigenvalue weighted by atomic mass is 16.8. The van der Waals surface area contributed by atoms with Crippen molar-refractivity contribution in [2.45, 2.75) is 31.6 Å². The quantitative estimate of drug-likeness (QED) is 0.526. The number of ether oxygens (including phenoxy) is 2. The number of carbonyl (C=O) groups excluding carboxylic acids is 3. The van der Waals surface area contributed by atoms with Crippen LogP contribution in [0.1, 0.15) is 24.0 Å². The number of hydrogen-bond acceptors (Lipinski definition) is 6. The van der Waals surface area contributed by atoms with Gasteiger partial charge in [-0.15, -0.1) is 0 Å². The molecule has 1 saturated heterocycles. The van der Waals surface area contributed by atoms with E-state index in [9.17, 15) is 14.4 Å². The first-order valence-corrected chi connectivity index (χ1v) is 10.5. The van der Waals surface area contributed by atoms with Gasteiger partial charge in [-0.25, -0.2) is 14.5 Å². The number of anilines is 1. The molecule has 2 aromatic rings. The molecule has 1 fully saturated rings. The minimum absolute atomic E-state index is 0.231. The second-order valence-corrected chi connectivity index (χ2v) is 8.27. The average Bonchev–Trinajstić information content (AvgIpc) is 3.03. The number of fused-ring (bicyclic) bond motifs is 1. The Kier molecular flexibility index (Phi) is 5.78. The van der Waals surface area contributed by atoms with Crippen LogP contribution < -0.4 is 4.90 Å². The smallest absolute Gasteiger partial charge is 0.394 e. The Hall–Kier alpha value is -3.19. The van der Waals surface area contributed by atoms with Crippen LogP contribution in [-0.4, -0.2) is 49.3 Å². The fourth-order valence-electron chi connectivity index (χ4n) is 4.40. The van der Waals surface area contributed by atoms with Crippen molar-refractivity contribution in [3.8, 4) is 0 Å². The summed E-state index contributed by atoms with van der Waals surface area (Å²) in [6, 6.07) is 17.4. The molecule has 0 bridgehead atoms. The van der Waals surface area contributed by atoms with Gasteiger partial charge in [0.1, 0.15) is 0 Å². The molecule has 0 aromatic heterocycles. The van der Waals surface area contributed by atoms with Gasteiger partial charge < -0.3 is 14.4 Å². The minimum Gasteiger partial charge on any atom is -0.394 e. The van der Waals surface area contributed by atoms with E-state index >= 15 is 0 Å². The van der Waals surface area contributed by atoms with Crippen LogP contribution in [0.3, 0.4) is 0 Å². The van der Waals surface area contributed by atoms with Gasteiger partial charge in [-0.2, -0.15) is 0 Å². The van der Waals surface area contributed by atoms with Gasteiger partial charge in [0.25, 0.3) is 0 Å². The summed E-state index contributed by atoms with van der Waals surface area (Å²) in [5, 5.41) is 0. The van der Waals surface area contributed by atoms with E-state index < -0.39 is 23.8 Å². The number of nitrogens with zero attached hydrogens (tertiary/aromatic N) is 2. The summed E-state index contributed by atoms with van der Waals surface area (Å²) in [6.07, 6.45) is 2.12. The maximum Gasteiger partial charge on any atom is 0.422 e. The molecule has 1 atom stereocenters. The lowest BCUT2D eigenvalue weighted by Crippen LogP contribution is -2.63. The molecular weight excluding hydrogens is 396 g/mol. The van der Waals surface area contributed by atoms with E-state index in [1.165, 1.54) is 4.90 Å². The van der Waals surface area contributed by atoms with Crippen LogP contribution in [0.5, 0.6) is 0 Å². The van der Waals surface area contributed by atoms with Gasteiger partial charge in [-0.05, 0) is 50.6 Å².